The summed E-state index contributed by atoms with van der Waals surface area (Å²) in [5.41, 5.74) is 6.53. The number of nitrogens with two attached hydrogens (primary N) is 1. The Labute approximate surface area is 171 Å². The second kappa shape index (κ2) is 9.19. The SMILES string of the molecule is N=C(N)c1ccc(NC(=O)[C@H](NS(=O)(=O)c2ccccc2)C2CCCCC2)cc1. The standard InChI is InChI=1S/C21H26N4O3S/c22-20(23)16-11-13-17(14-12-16)24-21(26)19(15-7-3-1-4-8-15)25-29(27,28)18-9-5-2-6-10-18/h2,5-6,9-15,19,25H,1,3-4,7-8H2,(H3,22,23)(H,24,26)/t19-/m1/s1. The molecule has 1 aliphatic carbocycles. The van der Waals surface area contributed by atoms with Gasteiger partial charge in [-0.3, -0.25) is 10.2 Å². The van der Waals surface area contributed by atoms with E-state index in [0.717, 1.165) is 32.1 Å². The molecule has 29 heavy (non-hydrogen) atoms. The summed E-state index contributed by atoms with van der Waals surface area (Å²) in [4.78, 5) is 13.2. The average molecular weight is 415 g/mol. The van der Waals surface area contributed by atoms with Gasteiger partial charge in [0.15, 0.2) is 0 Å². The Morgan fingerprint density at radius 2 is 1.62 bits per heavy atom. The molecule has 5 N–H and O–H groups in total. The normalized spacial score (nSPS) is 16.1. The van der Waals surface area contributed by atoms with Crippen molar-refractivity contribution in [1.82, 2.24) is 4.72 Å². The van der Waals surface area contributed by atoms with E-state index in [4.69, 9.17) is 11.1 Å². The zero-order valence-corrected chi connectivity index (χ0v) is 16.9. The van der Waals surface area contributed by atoms with Crippen LogP contribution in [0.2, 0.25) is 0 Å². The maximum Gasteiger partial charge on any atom is 0.242 e. The van der Waals surface area contributed by atoms with Gasteiger partial charge < -0.3 is 11.1 Å². The van der Waals surface area contributed by atoms with Crippen LogP contribution in [-0.4, -0.2) is 26.2 Å². The number of nitrogens with one attached hydrogen (secondary N) is 3. The van der Waals surface area contributed by atoms with Crippen LogP contribution in [0.4, 0.5) is 5.69 Å². The van der Waals surface area contributed by atoms with Gasteiger partial charge in [-0.15, -0.1) is 0 Å². The number of carbonyl (C=O) groups excluding carboxylic acids is 1. The third kappa shape index (κ3) is 5.42. The van der Waals surface area contributed by atoms with Gasteiger partial charge in [0.05, 0.1) is 4.90 Å². The van der Waals surface area contributed by atoms with E-state index in [9.17, 15) is 13.2 Å². The molecular formula is C21H26N4O3S. The quantitative estimate of drug-likeness (QED) is 0.411. The van der Waals surface area contributed by atoms with E-state index in [1.807, 2.05) is 0 Å². The predicted molar refractivity (Wildman–Crippen MR) is 113 cm³/mol. The van der Waals surface area contributed by atoms with Gasteiger partial charge in [-0.2, -0.15) is 4.72 Å². The smallest absolute Gasteiger partial charge is 0.242 e. The van der Waals surface area contributed by atoms with Crippen LogP contribution in [-0.2, 0) is 14.8 Å². The van der Waals surface area contributed by atoms with Crippen LogP contribution in [0.25, 0.3) is 0 Å². The molecule has 154 valence electrons. The molecule has 0 aliphatic heterocycles. The first-order valence-electron chi connectivity index (χ1n) is 9.69. The Kier molecular flexibility index (Phi) is 6.66. The Morgan fingerprint density at radius 1 is 1.00 bits per heavy atom. The van der Waals surface area contributed by atoms with Crippen LogP contribution in [0.15, 0.2) is 59.5 Å². The number of sulfonamides is 1. The molecule has 3 rings (SSSR count). The maximum atomic E-state index is 13.0. The molecule has 0 heterocycles. The van der Waals surface area contributed by atoms with Gasteiger partial charge in [0.25, 0.3) is 0 Å². The Morgan fingerprint density at radius 3 is 2.21 bits per heavy atom. The van der Waals surface area contributed by atoms with E-state index in [1.54, 1.807) is 42.5 Å². The lowest BCUT2D eigenvalue weighted by molar-refractivity contribution is -0.119. The summed E-state index contributed by atoms with van der Waals surface area (Å²) in [7, 11) is -3.82. The lowest BCUT2D eigenvalue weighted by Gasteiger charge is -2.30. The molecule has 0 unspecified atom stereocenters. The van der Waals surface area contributed by atoms with E-state index in [1.165, 1.54) is 12.1 Å². The second-order valence-corrected chi connectivity index (χ2v) is 9.00. The van der Waals surface area contributed by atoms with Gasteiger partial charge in [-0.05, 0) is 55.2 Å². The Hall–Kier alpha value is -2.71. The molecule has 8 heteroatoms. The van der Waals surface area contributed by atoms with Crippen molar-refractivity contribution in [2.24, 2.45) is 11.7 Å². The molecule has 1 atom stereocenters. The molecule has 1 amide bonds. The first-order chi connectivity index (χ1) is 13.9. The summed E-state index contributed by atoms with van der Waals surface area (Å²) in [6, 6.07) is 13.8. The second-order valence-electron chi connectivity index (χ2n) is 7.29. The lowest BCUT2D eigenvalue weighted by atomic mass is 9.84. The molecule has 1 aliphatic rings. The van der Waals surface area contributed by atoms with E-state index in [-0.39, 0.29) is 22.6 Å². The van der Waals surface area contributed by atoms with Gasteiger partial charge in [0, 0.05) is 11.3 Å². The highest BCUT2D eigenvalue weighted by atomic mass is 32.2. The minimum atomic E-state index is -3.82. The molecule has 0 spiro atoms. The molecule has 2 aromatic rings. The van der Waals surface area contributed by atoms with Gasteiger partial charge in [-0.1, -0.05) is 37.5 Å². The average Bonchev–Trinajstić information content (AvgIpc) is 2.73. The zero-order valence-electron chi connectivity index (χ0n) is 16.1. The van der Waals surface area contributed by atoms with Crippen molar-refractivity contribution in [2.75, 3.05) is 5.32 Å². The fraction of sp³-hybridized carbons (Fsp3) is 0.333. The molecule has 1 fully saturated rings. The largest absolute Gasteiger partial charge is 0.384 e. The summed E-state index contributed by atoms with van der Waals surface area (Å²) >= 11 is 0. The van der Waals surface area contributed by atoms with E-state index < -0.39 is 16.1 Å². The van der Waals surface area contributed by atoms with Crippen molar-refractivity contribution in [3.05, 3.63) is 60.2 Å². The molecule has 1 saturated carbocycles. The summed E-state index contributed by atoms with van der Waals surface area (Å²) < 4.78 is 28.3. The molecule has 7 nitrogen and oxygen atoms in total. The van der Waals surface area contributed by atoms with Crippen LogP contribution < -0.4 is 15.8 Å². The summed E-state index contributed by atoms with van der Waals surface area (Å²) in [5.74, 6) is -0.496. The summed E-state index contributed by atoms with van der Waals surface area (Å²) in [6.07, 6.45) is 4.67. The highest BCUT2D eigenvalue weighted by Crippen LogP contribution is 2.28. The number of carbonyl (C=O) groups is 1. The van der Waals surface area contributed by atoms with Crippen molar-refractivity contribution >= 4 is 27.5 Å². The lowest BCUT2D eigenvalue weighted by Crippen LogP contribution is -2.48. The van der Waals surface area contributed by atoms with Crippen LogP contribution in [0.1, 0.15) is 37.7 Å². The molecule has 0 saturated heterocycles. The Balaban J connectivity index is 1.81. The minimum absolute atomic E-state index is 0.0567. The van der Waals surface area contributed by atoms with Gasteiger partial charge in [0.1, 0.15) is 11.9 Å². The topological polar surface area (TPSA) is 125 Å². The minimum Gasteiger partial charge on any atom is -0.384 e. The first-order valence-corrected chi connectivity index (χ1v) is 11.2. The van der Waals surface area contributed by atoms with Crippen molar-refractivity contribution in [3.63, 3.8) is 0 Å². The van der Waals surface area contributed by atoms with E-state index in [0.29, 0.717) is 11.3 Å². The number of benzene rings is 2. The number of amides is 1. The number of nitrogen functional groups attached to an aromatic ring is 1. The third-order valence-corrected chi connectivity index (χ3v) is 6.66. The number of hydrogen-bond acceptors (Lipinski definition) is 4. The van der Waals surface area contributed by atoms with Crippen molar-refractivity contribution < 1.29 is 13.2 Å². The van der Waals surface area contributed by atoms with E-state index >= 15 is 0 Å². The van der Waals surface area contributed by atoms with Crippen molar-refractivity contribution in [3.8, 4) is 0 Å². The highest BCUT2D eigenvalue weighted by Gasteiger charge is 2.33. The van der Waals surface area contributed by atoms with Gasteiger partial charge in [0.2, 0.25) is 15.9 Å². The van der Waals surface area contributed by atoms with Gasteiger partial charge >= 0.3 is 0 Å². The van der Waals surface area contributed by atoms with Crippen LogP contribution in [0.3, 0.4) is 0 Å². The summed E-state index contributed by atoms with van der Waals surface area (Å²) in [5, 5.41) is 10.2. The number of hydrogen-bond donors (Lipinski definition) is 4. The fourth-order valence-corrected chi connectivity index (χ4v) is 4.90. The number of rotatable bonds is 7. The molecular weight excluding hydrogens is 388 g/mol. The first kappa shape index (κ1) is 21.0. The van der Waals surface area contributed by atoms with Crippen LogP contribution in [0.5, 0.6) is 0 Å². The zero-order chi connectivity index (χ0) is 20.9. The third-order valence-electron chi connectivity index (χ3n) is 5.20. The maximum absolute atomic E-state index is 13.0. The summed E-state index contributed by atoms with van der Waals surface area (Å²) in [6.45, 7) is 0. The van der Waals surface area contributed by atoms with Crippen LogP contribution in [0, 0.1) is 11.3 Å². The van der Waals surface area contributed by atoms with E-state index in [2.05, 4.69) is 10.0 Å². The molecule has 0 radical (unpaired) electrons. The van der Waals surface area contributed by atoms with Crippen molar-refractivity contribution in [1.29, 1.82) is 5.41 Å². The van der Waals surface area contributed by atoms with Gasteiger partial charge in [-0.25, -0.2) is 8.42 Å². The molecule has 2 aromatic carbocycles. The fourth-order valence-electron chi connectivity index (χ4n) is 3.62. The Bertz CT molecular complexity index is 953. The molecule has 0 aromatic heterocycles. The highest BCUT2D eigenvalue weighted by molar-refractivity contribution is 7.89. The van der Waals surface area contributed by atoms with Crippen molar-refractivity contribution in [2.45, 2.75) is 43.0 Å². The molecule has 0 bridgehead atoms. The van der Waals surface area contributed by atoms with Crippen LogP contribution >= 0.6 is 0 Å². The predicted octanol–water partition coefficient (Wildman–Crippen LogP) is 2.84. The number of anilines is 1. The number of amidine groups is 1. The monoisotopic (exact) mass is 414 g/mol.